The van der Waals surface area contributed by atoms with Gasteiger partial charge < -0.3 is 9.78 Å². The van der Waals surface area contributed by atoms with Gasteiger partial charge in [0.15, 0.2) is 0 Å². The van der Waals surface area contributed by atoms with Crippen LogP contribution in [0.3, 0.4) is 0 Å². The molecule has 0 unspecified atom stereocenters. The average Bonchev–Trinajstić information content (AvgIpc) is 2.83. The van der Waals surface area contributed by atoms with Crippen molar-refractivity contribution in [2.24, 2.45) is 0 Å². The molecule has 3 aromatic rings. The number of nitrogens with zero attached hydrogens (tertiary/aromatic N) is 1. The van der Waals surface area contributed by atoms with Crippen LogP contribution in [0.1, 0.15) is 26.2 Å². The van der Waals surface area contributed by atoms with Crippen LogP contribution in [-0.4, -0.2) is 16.9 Å². The molecule has 2 aromatic carbocycles. The van der Waals surface area contributed by atoms with Crippen molar-refractivity contribution in [3.63, 3.8) is 0 Å². The van der Waals surface area contributed by atoms with Crippen molar-refractivity contribution in [2.45, 2.75) is 32.5 Å². The second-order valence-electron chi connectivity index (χ2n) is 5.38. The number of para-hydroxylation sites is 2. The Hall–Kier alpha value is -1.94. The Labute approximate surface area is 125 Å². The highest BCUT2D eigenvalue weighted by molar-refractivity contribution is 6.43. The number of hydrogen-bond acceptors (Lipinski definition) is 2. The van der Waals surface area contributed by atoms with Crippen LogP contribution in [0.2, 0.25) is 6.32 Å². The zero-order chi connectivity index (χ0) is 14.7. The van der Waals surface area contributed by atoms with E-state index in [1.54, 1.807) is 4.73 Å². The SMILES string of the molecule is CCCCCB(O)On1c2ccccc2c2ccccc21. The Balaban J connectivity index is 1.96. The zero-order valence-electron chi connectivity index (χ0n) is 12.3. The van der Waals surface area contributed by atoms with Crippen LogP contribution in [0.25, 0.3) is 21.8 Å². The van der Waals surface area contributed by atoms with E-state index in [0.717, 1.165) is 41.1 Å². The summed E-state index contributed by atoms with van der Waals surface area (Å²) in [6.45, 7) is 2.15. The molecule has 0 atom stereocenters. The van der Waals surface area contributed by atoms with Crippen LogP contribution in [0.4, 0.5) is 0 Å². The zero-order valence-corrected chi connectivity index (χ0v) is 12.3. The van der Waals surface area contributed by atoms with Gasteiger partial charge in [-0.3, -0.25) is 0 Å². The molecule has 0 aliphatic carbocycles. The first-order chi connectivity index (χ1) is 10.3. The Morgan fingerprint density at radius 2 is 1.52 bits per heavy atom. The van der Waals surface area contributed by atoms with E-state index < -0.39 is 7.12 Å². The van der Waals surface area contributed by atoms with Crippen molar-refractivity contribution in [2.75, 3.05) is 0 Å². The summed E-state index contributed by atoms with van der Waals surface area (Å²) in [5.74, 6) is 0. The van der Waals surface area contributed by atoms with Crippen molar-refractivity contribution in [1.29, 1.82) is 0 Å². The molecule has 0 saturated heterocycles. The Morgan fingerprint density at radius 1 is 0.952 bits per heavy atom. The highest BCUT2D eigenvalue weighted by atomic mass is 16.7. The average molecular weight is 281 g/mol. The summed E-state index contributed by atoms with van der Waals surface area (Å²) in [4.78, 5) is 0. The van der Waals surface area contributed by atoms with Gasteiger partial charge in [-0.2, -0.15) is 0 Å². The monoisotopic (exact) mass is 281 g/mol. The molecular weight excluding hydrogens is 261 g/mol. The Bertz CT molecular complexity index is 685. The third kappa shape index (κ3) is 2.76. The highest BCUT2D eigenvalue weighted by Crippen LogP contribution is 2.27. The predicted octanol–water partition coefficient (Wildman–Crippen LogP) is 3.89. The second kappa shape index (κ2) is 6.23. The van der Waals surface area contributed by atoms with Gasteiger partial charge in [-0.15, -0.1) is 0 Å². The molecule has 0 radical (unpaired) electrons. The fraction of sp³-hybridized carbons (Fsp3) is 0.294. The molecule has 3 rings (SSSR count). The van der Waals surface area contributed by atoms with Crippen LogP contribution in [0.15, 0.2) is 48.5 Å². The van der Waals surface area contributed by atoms with Gasteiger partial charge in [-0.05, 0) is 18.5 Å². The van der Waals surface area contributed by atoms with Crippen molar-refractivity contribution in [3.05, 3.63) is 48.5 Å². The van der Waals surface area contributed by atoms with Crippen molar-refractivity contribution >= 4 is 28.9 Å². The number of unbranched alkanes of at least 4 members (excludes halogenated alkanes) is 2. The van der Waals surface area contributed by atoms with E-state index in [1.165, 1.54) is 0 Å². The molecule has 0 spiro atoms. The smallest absolute Gasteiger partial charge is 0.447 e. The lowest BCUT2D eigenvalue weighted by Gasteiger charge is -2.12. The maximum absolute atomic E-state index is 10.1. The number of aromatic nitrogens is 1. The van der Waals surface area contributed by atoms with Crippen LogP contribution in [-0.2, 0) is 0 Å². The quantitative estimate of drug-likeness (QED) is 0.549. The van der Waals surface area contributed by atoms with Gasteiger partial charge in [0.1, 0.15) is 0 Å². The molecule has 3 nitrogen and oxygen atoms in total. The van der Waals surface area contributed by atoms with E-state index in [0.29, 0.717) is 6.32 Å². The Kier molecular flexibility index (Phi) is 4.16. The number of benzene rings is 2. The molecule has 1 heterocycles. The summed E-state index contributed by atoms with van der Waals surface area (Å²) in [6.07, 6.45) is 3.90. The Morgan fingerprint density at radius 3 is 2.10 bits per heavy atom. The molecule has 4 heteroatoms. The first kappa shape index (κ1) is 14.0. The maximum Gasteiger partial charge on any atom is 0.545 e. The molecule has 1 N–H and O–H groups in total. The fourth-order valence-corrected chi connectivity index (χ4v) is 2.74. The largest absolute Gasteiger partial charge is 0.545 e. The molecule has 0 fully saturated rings. The van der Waals surface area contributed by atoms with E-state index in [1.807, 2.05) is 36.4 Å². The van der Waals surface area contributed by atoms with Crippen molar-refractivity contribution in [3.8, 4) is 0 Å². The lowest BCUT2D eigenvalue weighted by Crippen LogP contribution is -2.29. The van der Waals surface area contributed by atoms with Gasteiger partial charge in [-0.25, -0.2) is 4.73 Å². The van der Waals surface area contributed by atoms with Gasteiger partial charge in [0.25, 0.3) is 0 Å². The second-order valence-corrected chi connectivity index (χ2v) is 5.38. The highest BCUT2D eigenvalue weighted by Gasteiger charge is 2.18. The third-order valence-corrected chi connectivity index (χ3v) is 3.82. The van der Waals surface area contributed by atoms with Gasteiger partial charge in [0.2, 0.25) is 0 Å². The third-order valence-electron chi connectivity index (χ3n) is 3.82. The fourth-order valence-electron chi connectivity index (χ4n) is 2.74. The first-order valence-corrected chi connectivity index (χ1v) is 7.64. The molecule has 0 amide bonds. The van der Waals surface area contributed by atoms with Crippen molar-refractivity contribution in [1.82, 2.24) is 4.73 Å². The summed E-state index contributed by atoms with van der Waals surface area (Å²) < 4.78 is 7.56. The normalized spacial score (nSPS) is 11.1. The molecule has 21 heavy (non-hydrogen) atoms. The lowest BCUT2D eigenvalue weighted by molar-refractivity contribution is 0.248. The molecule has 0 saturated carbocycles. The van der Waals surface area contributed by atoms with Gasteiger partial charge in [0.05, 0.1) is 11.0 Å². The van der Waals surface area contributed by atoms with Gasteiger partial charge in [0, 0.05) is 10.8 Å². The molecular formula is C17H20BNO2. The molecule has 0 aliphatic heterocycles. The molecule has 0 aliphatic rings. The van der Waals surface area contributed by atoms with Crippen LogP contribution >= 0.6 is 0 Å². The summed E-state index contributed by atoms with van der Waals surface area (Å²) >= 11 is 0. The van der Waals surface area contributed by atoms with Crippen LogP contribution < -0.4 is 4.76 Å². The van der Waals surface area contributed by atoms with Crippen LogP contribution in [0.5, 0.6) is 0 Å². The lowest BCUT2D eigenvalue weighted by atomic mass is 9.83. The molecule has 0 bridgehead atoms. The first-order valence-electron chi connectivity index (χ1n) is 7.64. The molecule has 108 valence electrons. The summed E-state index contributed by atoms with van der Waals surface area (Å²) in [7, 11) is -0.768. The van der Waals surface area contributed by atoms with E-state index >= 15 is 0 Å². The number of fused-ring (bicyclic) bond motifs is 3. The summed E-state index contributed by atoms with van der Waals surface area (Å²) in [5.41, 5.74) is 1.99. The van der Waals surface area contributed by atoms with Gasteiger partial charge in [-0.1, -0.05) is 62.6 Å². The van der Waals surface area contributed by atoms with Gasteiger partial charge >= 0.3 is 7.12 Å². The van der Waals surface area contributed by atoms with E-state index in [4.69, 9.17) is 4.76 Å². The van der Waals surface area contributed by atoms with Crippen molar-refractivity contribution < 1.29 is 9.78 Å². The van der Waals surface area contributed by atoms with E-state index in [9.17, 15) is 5.02 Å². The topological polar surface area (TPSA) is 34.4 Å². The summed E-state index contributed by atoms with van der Waals surface area (Å²) in [6, 6.07) is 16.2. The molecule has 1 aromatic heterocycles. The summed E-state index contributed by atoms with van der Waals surface area (Å²) in [5, 5.41) is 12.4. The van der Waals surface area contributed by atoms with E-state index in [-0.39, 0.29) is 0 Å². The maximum atomic E-state index is 10.1. The number of rotatable bonds is 6. The van der Waals surface area contributed by atoms with E-state index in [2.05, 4.69) is 19.1 Å². The predicted molar refractivity (Wildman–Crippen MR) is 88.3 cm³/mol. The standard InChI is InChI=1S/C17H20BNO2/c1-2-3-8-13-18(20)21-19-16-11-6-4-9-14(16)15-10-5-7-12-17(15)19/h4-7,9-12,20H,2-3,8,13H2,1H3. The minimum Gasteiger partial charge on any atom is -0.447 e. The minimum absolute atomic E-state index is 0.661. The minimum atomic E-state index is -0.768. The van der Waals surface area contributed by atoms with Crippen LogP contribution in [0, 0.1) is 0 Å². The number of hydrogen-bond donors (Lipinski definition) is 1.